The lowest BCUT2D eigenvalue weighted by Crippen LogP contribution is -2.38. The number of hydrogen-bond acceptors (Lipinski definition) is 5. The van der Waals surface area contributed by atoms with Crippen molar-refractivity contribution in [3.63, 3.8) is 0 Å². The molecular weight excluding hydrogens is 306 g/mol. The summed E-state index contributed by atoms with van der Waals surface area (Å²) in [5.74, 6) is 1.76. The van der Waals surface area contributed by atoms with E-state index in [1.54, 1.807) is 14.2 Å². The van der Waals surface area contributed by atoms with Gasteiger partial charge in [0, 0.05) is 6.54 Å². The van der Waals surface area contributed by atoms with Gasteiger partial charge in [-0.1, -0.05) is 12.5 Å². The van der Waals surface area contributed by atoms with E-state index in [1.165, 1.54) is 19.3 Å². The summed E-state index contributed by atoms with van der Waals surface area (Å²) in [6, 6.07) is 5.47. The highest BCUT2D eigenvalue weighted by Gasteiger charge is 2.17. The Labute approximate surface area is 138 Å². The molecule has 5 nitrogen and oxygen atoms in total. The SMILES string of the molecule is COc1cccc(OC)c1OCC(O)CN1CCCCC1.Cl. The number of para-hydroxylation sites is 1. The van der Waals surface area contributed by atoms with Gasteiger partial charge in [-0.05, 0) is 38.1 Å². The van der Waals surface area contributed by atoms with Gasteiger partial charge >= 0.3 is 0 Å². The summed E-state index contributed by atoms with van der Waals surface area (Å²) in [6.45, 7) is 3.01. The van der Waals surface area contributed by atoms with Gasteiger partial charge in [-0.15, -0.1) is 12.4 Å². The van der Waals surface area contributed by atoms with Crippen LogP contribution >= 0.6 is 12.4 Å². The van der Waals surface area contributed by atoms with Gasteiger partial charge in [0.05, 0.1) is 14.2 Å². The first kappa shape index (κ1) is 18.9. The van der Waals surface area contributed by atoms with Gasteiger partial charge in [-0.25, -0.2) is 0 Å². The van der Waals surface area contributed by atoms with Crippen molar-refractivity contribution in [3.05, 3.63) is 18.2 Å². The standard InChI is InChI=1S/C16H25NO4.ClH/c1-19-14-7-6-8-15(20-2)16(14)21-12-13(18)11-17-9-4-3-5-10-17;/h6-8,13,18H,3-5,9-12H2,1-2H3;1H. The minimum atomic E-state index is -0.516. The van der Waals surface area contributed by atoms with Crippen molar-refractivity contribution >= 4 is 12.4 Å². The Morgan fingerprint density at radius 3 is 2.23 bits per heavy atom. The number of ether oxygens (including phenoxy) is 3. The van der Waals surface area contributed by atoms with Crippen LogP contribution in [0.1, 0.15) is 19.3 Å². The molecule has 0 radical (unpaired) electrons. The van der Waals surface area contributed by atoms with Gasteiger partial charge < -0.3 is 24.2 Å². The van der Waals surface area contributed by atoms with Crippen LogP contribution in [-0.4, -0.2) is 56.6 Å². The fourth-order valence-electron chi connectivity index (χ4n) is 2.63. The summed E-state index contributed by atoms with van der Waals surface area (Å²) < 4.78 is 16.3. The van der Waals surface area contributed by atoms with E-state index in [2.05, 4.69) is 4.90 Å². The van der Waals surface area contributed by atoms with Gasteiger partial charge in [0.2, 0.25) is 5.75 Å². The summed E-state index contributed by atoms with van der Waals surface area (Å²) >= 11 is 0. The van der Waals surface area contributed by atoms with Crippen LogP contribution in [0.25, 0.3) is 0 Å². The van der Waals surface area contributed by atoms with E-state index in [1.807, 2.05) is 18.2 Å². The molecule has 0 aliphatic carbocycles. The van der Waals surface area contributed by atoms with Gasteiger partial charge in [-0.2, -0.15) is 0 Å². The Hall–Kier alpha value is -1.17. The number of β-amino-alcohol motifs (C(OH)–C–C–N with tert-alkyl or cyclic N) is 1. The topological polar surface area (TPSA) is 51.2 Å². The molecule has 1 fully saturated rings. The monoisotopic (exact) mass is 331 g/mol. The lowest BCUT2D eigenvalue weighted by atomic mass is 10.1. The van der Waals surface area contributed by atoms with Crippen LogP contribution in [0.5, 0.6) is 17.2 Å². The maximum atomic E-state index is 10.1. The van der Waals surface area contributed by atoms with Crippen molar-refractivity contribution in [3.8, 4) is 17.2 Å². The number of benzene rings is 1. The molecule has 1 saturated heterocycles. The van der Waals surface area contributed by atoms with Crippen LogP contribution in [0.15, 0.2) is 18.2 Å². The minimum absolute atomic E-state index is 0. The molecule has 0 aromatic heterocycles. The number of likely N-dealkylation sites (tertiary alicyclic amines) is 1. The van der Waals surface area contributed by atoms with Crippen LogP contribution in [0.4, 0.5) is 0 Å². The molecule has 1 unspecified atom stereocenters. The highest BCUT2D eigenvalue weighted by molar-refractivity contribution is 5.85. The predicted molar refractivity (Wildman–Crippen MR) is 88.6 cm³/mol. The third-order valence-electron chi connectivity index (χ3n) is 3.72. The van der Waals surface area contributed by atoms with Gasteiger partial charge in [0.25, 0.3) is 0 Å². The molecule has 1 aromatic carbocycles. The van der Waals surface area contributed by atoms with Crippen LogP contribution in [0.2, 0.25) is 0 Å². The first-order valence-corrected chi connectivity index (χ1v) is 7.48. The fourth-order valence-corrected chi connectivity index (χ4v) is 2.63. The van der Waals surface area contributed by atoms with Crippen LogP contribution in [-0.2, 0) is 0 Å². The quantitative estimate of drug-likeness (QED) is 0.831. The highest BCUT2D eigenvalue weighted by Crippen LogP contribution is 2.36. The number of halogens is 1. The van der Waals surface area contributed by atoms with E-state index < -0.39 is 6.10 Å². The summed E-state index contributed by atoms with van der Waals surface area (Å²) in [4.78, 5) is 2.29. The number of piperidine rings is 1. The molecular formula is C16H26ClNO4. The number of aliphatic hydroxyl groups excluding tert-OH is 1. The van der Waals surface area contributed by atoms with Crippen molar-refractivity contribution < 1.29 is 19.3 Å². The van der Waals surface area contributed by atoms with Crippen LogP contribution in [0, 0.1) is 0 Å². The van der Waals surface area contributed by atoms with Gasteiger partial charge in [-0.3, -0.25) is 0 Å². The zero-order chi connectivity index (χ0) is 15.1. The Morgan fingerprint density at radius 2 is 1.68 bits per heavy atom. The first-order valence-electron chi connectivity index (χ1n) is 7.48. The predicted octanol–water partition coefficient (Wildman–Crippen LogP) is 2.35. The van der Waals surface area contributed by atoms with E-state index in [-0.39, 0.29) is 19.0 Å². The summed E-state index contributed by atoms with van der Waals surface area (Å²) in [7, 11) is 3.18. The Bertz CT molecular complexity index is 416. The summed E-state index contributed by atoms with van der Waals surface area (Å²) in [5.41, 5.74) is 0. The molecule has 0 saturated carbocycles. The minimum Gasteiger partial charge on any atom is -0.493 e. The van der Waals surface area contributed by atoms with Crippen molar-refractivity contribution in [1.82, 2.24) is 4.90 Å². The molecule has 0 amide bonds. The molecule has 0 bridgehead atoms. The molecule has 6 heteroatoms. The lowest BCUT2D eigenvalue weighted by molar-refractivity contribution is 0.0599. The fraction of sp³-hybridized carbons (Fsp3) is 0.625. The van der Waals surface area contributed by atoms with Gasteiger partial charge in [0.15, 0.2) is 11.5 Å². The van der Waals surface area contributed by atoms with Crippen molar-refractivity contribution in [2.24, 2.45) is 0 Å². The van der Waals surface area contributed by atoms with Crippen LogP contribution < -0.4 is 14.2 Å². The molecule has 126 valence electrons. The average molecular weight is 332 g/mol. The number of methoxy groups -OCH3 is 2. The number of rotatable bonds is 7. The van der Waals surface area contributed by atoms with Gasteiger partial charge in [0.1, 0.15) is 12.7 Å². The van der Waals surface area contributed by atoms with Crippen LogP contribution in [0.3, 0.4) is 0 Å². The third-order valence-corrected chi connectivity index (χ3v) is 3.72. The number of nitrogens with zero attached hydrogens (tertiary/aromatic N) is 1. The molecule has 1 N–H and O–H groups in total. The molecule has 2 rings (SSSR count). The molecule has 22 heavy (non-hydrogen) atoms. The summed E-state index contributed by atoms with van der Waals surface area (Å²) in [5, 5.41) is 10.1. The Kier molecular flexibility index (Phi) is 8.38. The van der Waals surface area contributed by atoms with Crippen molar-refractivity contribution in [2.45, 2.75) is 25.4 Å². The zero-order valence-electron chi connectivity index (χ0n) is 13.3. The maximum Gasteiger partial charge on any atom is 0.203 e. The first-order chi connectivity index (χ1) is 10.2. The average Bonchev–Trinajstić information content (AvgIpc) is 2.53. The normalized spacial score (nSPS) is 16.5. The van der Waals surface area contributed by atoms with E-state index in [4.69, 9.17) is 14.2 Å². The van der Waals surface area contributed by atoms with Crippen molar-refractivity contribution in [1.29, 1.82) is 0 Å². The molecule has 1 aromatic rings. The molecule has 1 aliphatic rings. The number of hydrogen-bond donors (Lipinski definition) is 1. The third kappa shape index (κ3) is 5.23. The maximum absolute atomic E-state index is 10.1. The van der Waals surface area contributed by atoms with E-state index in [0.29, 0.717) is 23.8 Å². The van der Waals surface area contributed by atoms with E-state index >= 15 is 0 Å². The number of aliphatic hydroxyl groups is 1. The molecule has 0 spiro atoms. The van der Waals surface area contributed by atoms with E-state index in [9.17, 15) is 5.11 Å². The van der Waals surface area contributed by atoms with Crippen molar-refractivity contribution in [2.75, 3.05) is 40.5 Å². The summed E-state index contributed by atoms with van der Waals surface area (Å²) in [6.07, 6.45) is 3.21. The lowest BCUT2D eigenvalue weighted by Gasteiger charge is -2.28. The Balaban J connectivity index is 0.00000242. The molecule has 1 atom stereocenters. The largest absolute Gasteiger partial charge is 0.493 e. The second-order valence-corrected chi connectivity index (χ2v) is 5.32. The zero-order valence-corrected chi connectivity index (χ0v) is 14.1. The highest BCUT2D eigenvalue weighted by atomic mass is 35.5. The second kappa shape index (κ2) is 9.77. The smallest absolute Gasteiger partial charge is 0.203 e. The second-order valence-electron chi connectivity index (χ2n) is 5.32. The Morgan fingerprint density at radius 1 is 1.09 bits per heavy atom. The molecule has 1 aliphatic heterocycles. The molecule has 1 heterocycles. The van der Waals surface area contributed by atoms with E-state index in [0.717, 1.165) is 13.1 Å².